The third kappa shape index (κ3) is 2.94. The number of Topliss-reactive ketones (excluding diaryl/α,β-unsaturated/α-hetero) is 1. The number of rotatable bonds is 5. The van der Waals surface area contributed by atoms with Crippen LogP contribution in [0.1, 0.15) is 28.4 Å². The maximum atomic E-state index is 12.9. The molecule has 1 fully saturated rings. The van der Waals surface area contributed by atoms with Gasteiger partial charge in [0.1, 0.15) is 11.3 Å². The number of carbonyl (C=O) groups is 3. The van der Waals surface area contributed by atoms with Crippen LogP contribution in [0.25, 0.3) is 0 Å². The minimum Gasteiger partial charge on any atom is -0.496 e. The number of urea groups is 1. The van der Waals surface area contributed by atoms with Crippen LogP contribution in [0.15, 0.2) is 48.5 Å². The molecule has 6 nitrogen and oxygen atoms in total. The molecular formula is C20H20N2O4. The average molecular weight is 352 g/mol. The number of amides is 3. The second kappa shape index (κ2) is 6.63. The Morgan fingerprint density at radius 1 is 1.15 bits per heavy atom. The average Bonchev–Trinajstić information content (AvgIpc) is 2.86. The lowest BCUT2D eigenvalue weighted by atomic mass is 9.92. The molecule has 1 aliphatic rings. The Balaban J connectivity index is 1.87. The van der Waals surface area contributed by atoms with Gasteiger partial charge in [-0.1, -0.05) is 42.0 Å². The zero-order chi connectivity index (χ0) is 18.9. The fraction of sp³-hybridized carbons (Fsp3) is 0.250. The highest BCUT2D eigenvalue weighted by molar-refractivity contribution is 6.11. The molecule has 1 saturated heterocycles. The molecule has 0 saturated carbocycles. The Kier molecular flexibility index (Phi) is 4.50. The first-order valence-electron chi connectivity index (χ1n) is 8.24. The van der Waals surface area contributed by atoms with Crippen molar-refractivity contribution in [2.75, 3.05) is 13.7 Å². The molecule has 0 unspecified atom stereocenters. The largest absolute Gasteiger partial charge is 0.496 e. The molecule has 0 aliphatic carbocycles. The normalized spacial score (nSPS) is 19.4. The Morgan fingerprint density at radius 3 is 2.50 bits per heavy atom. The first-order valence-corrected chi connectivity index (χ1v) is 8.24. The number of carbonyl (C=O) groups excluding carboxylic acids is 3. The predicted molar refractivity (Wildman–Crippen MR) is 96.1 cm³/mol. The van der Waals surface area contributed by atoms with Gasteiger partial charge in [-0.15, -0.1) is 0 Å². The van der Waals surface area contributed by atoms with Crippen LogP contribution in [0.3, 0.4) is 0 Å². The molecule has 26 heavy (non-hydrogen) atoms. The van der Waals surface area contributed by atoms with Crippen LogP contribution >= 0.6 is 0 Å². The van der Waals surface area contributed by atoms with E-state index in [4.69, 9.17) is 4.74 Å². The molecule has 134 valence electrons. The van der Waals surface area contributed by atoms with Crippen molar-refractivity contribution < 1.29 is 19.1 Å². The summed E-state index contributed by atoms with van der Waals surface area (Å²) in [6.45, 7) is 3.16. The van der Waals surface area contributed by atoms with Crippen molar-refractivity contribution in [2.45, 2.75) is 19.4 Å². The lowest BCUT2D eigenvalue weighted by molar-refractivity contribution is -0.130. The Labute approximate surface area is 151 Å². The standard InChI is InChI=1S/C20H20N2O4/c1-13-9-10-17(26-3)15(11-13)16(23)12-22-18(24)20(2,21-19(22)25)14-7-5-4-6-8-14/h4-11H,12H2,1-3H3,(H,21,25)/t20-/m0/s1. The summed E-state index contributed by atoms with van der Waals surface area (Å²) in [6.07, 6.45) is 0. The summed E-state index contributed by atoms with van der Waals surface area (Å²) in [6, 6.07) is 13.6. The Bertz CT molecular complexity index is 879. The van der Waals surface area contributed by atoms with Gasteiger partial charge >= 0.3 is 6.03 Å². The molecule has 0 aromatic heterocycles. The fourth-order valence-corrected chi connectivity index (χ4v) is 3.08. The quantitative estimate of drug-likeness (QED) is 0.663. The summed E-state index contributed by atoms with van der Waals surface area (Å²) >= 11 is 0. The van der Waals surface area contributed by atoms with E-state index in [0.29, 0.717) is 16.9 Å². The maximum Gasteiger partial charge on any atom is 0.325 e. The number of hydrogen-bond acceptors (Lipinski definition) is 4. The molecule has 3 rings (SSSR count). The molecule has 1 N–H and O–H groups in total. The molecule has 1 atom stereocenters. The first-order chi connectivity index (χ1) is 12.4. The molecular weight excluding hydrogens is 332 g/mol. The molecule has 2 aromatic carbocycles. The van der Waals surface area contributed by atoms with Gasteiger partial charge in [-0.25, -0.2) is 4.79 Å². The van der Waals surface area contributed by atoms with Crippen LogP contribution in [-0.2, 0) is 10.3 Å². The van der Waals surface area contributed by atoms with E-state index in [1.807, 2.05) is 19.1 Å². The topological polar surface area (TPSA) is 75.7 Å². The molecule has 0 spiro atoms. The van der Waals surface area contributed by atoms with Crippen molar-refractivity contribution in [1.82, 2.24) is 10.2 Å². The predicted octanol–water partition coefficient (Wildman–Crippen LogP) is 2.65. The van der Waals surface area contributed by atoms with Gasteiger partial charge in [0.25, 0.3) is 5.91 Å². The van der Waals surface area contributed by atoms with Crippen molar-refractivity contribution in [3.05, 3.63) is 65.2 Å². The van der Waals surface area contributed by atoms with Crippen molar-refractivity contribution in [1.29, 1.82) is 0 Å². The van der Waals surface area contributed by atoms with E-state index in [0.717, 1.165) is 10.5 Å². The number of ketones is 1. The summed E-state index contributed by atoms with van der Waals surface area (Å²) in [5, 5.41) is 2.70. The van der Waals surface area contributed by atoms with E-state index >= 15 is 0 Å². The molecule has 6 heteroatoms. The van der Waals surface area contributed by atoms with Gasteiger partial charge in [-0.05, 0) is 31.5 Å². The molecule has 1 aliphatic heterocycles. The highest BCUT2D eigenvalue weighted by Crippen LogP contribution is 2.29. The second-order valence-corrected chi connectivity index (χ2v) is 6.44. The van der Waals surface area contributed by atoms with Crippen LogP contribution in [0.2, 0.25) is 0 Å². The number of nitrogens with zero attached hydrogens (tertiary/aromatic N) is 1. The lowest BCUT2D eigenvalue weighted by Crippen LogP contribution is -2.41. The molecule has 3 amide bonds. The van der Waals surface area contributed by atoms with Crippen LogP contribution in [0.5, 0.6) is 5.75 Å². The SMILES string of the molecule is COc1ccc(C)cc1C(=O)CN1C(=O)N[C@@](C)(c2ccccc2)C1=O. The highest BCUT2D eigenvalue weighted by atomic mass is 16.5. The number of ether oxygens (including phenoxy) is 1. The Hall–Kier alpha value is -3.15. The molecule has 0 radical (unpaired) electrons. The molecule has 2 aromatic rings. The van der Waals surface area contributed by atoms with Gasteiger partial charge in [-0.3, -0.25) is 14.5 Å². The van der Waals surface area contributed by atoms with E-state index < -0.39 is 17.5 Å². The van der Waals surface area contributed by atoms with Gasteiger partial charge in [0.05, 0.1) is 19.2 Å². The lowest BCUT2D eigenvalue weighted by Gasteiger charge is -2.22. The number of aryl methyl sites for hydroxylation is 1. The van der Waals surface area contributed by atoms with E-state index in [-0.39, 0.29) is 12.3 Å². The second-order valence-electron chi connectivity index (χ2n) is 6.44. The third-order valence-corrected chi connectivity index (χ3v) is 4.58. The minimum absolute atomic E-state index is 0.340. The summed E-state index contributed by atoms with van der Waals surface area (Å²) in [5.41, 5.74) is 0.721. The number of imide groups is 1. The smallest absolute Gasteiger partial charge is 0.325 e. The van der Waals surface area contributed by atoms with E-state index in [1.54, 1.807) is 43.3 Å². The van der Waals surface area contributed by atoms with Gasteiger partial charge in [-0.2, -0.15) is 0 Å². The summed E-state index contributed by atoms with van der Waals surface area (Å²) in [5.74, 6) is -0.390. The number of methoxy groups -OCH3 is 1. The van der Waals surface area contributed by atoms with Gasteiger partial charge < -0.3 is 10.1 Å². The van der Waals surface area contributed by atoms with E-state index in [9.17, 15) is 14.4 Å². The molecule has 0 bridgehead atoms. The zero-order valence-corrected chi connectivity index (χ0v) is 14.9. The minimum atomic E-state index is -1.19. The zero-order valence-electron chi connectivity index (χ0n) is 14.9. The van der Waals surface area contributed by atoms with Crippen LogP contribution < -0.4 is 10.1 Å². The van der Waals surface area contributed by atoms with Crippen LogP contribution in [0, 0.1) is 6.92 Å². The molecule has 1 heterocycles. The van der Waals surface area contributed by atoms with Crippen LogP contribution in [-0.4, -0.2) is 36.3 Å². The van der Waals surface area contributed by atoms with Crippen molar-refractivity contribution in [2.24, 2.45) is 0 Å². The third-order valence-electron chi connectivity index (χ3n) is 4.58. The van der Waals surface area contributed by atoms with Gasteiger partial charge in [0.2, 0.25) is 0 Å². The number of benzene rings is 2. The summed E-state index contributed by atoms with van der Waals surface area (Å²) in [4.78, 5) is 38.9. The number of hydrogen-bond donors (Lipinski definition) is 1. The highest BCUT2D eigenvalue weighted by Gasteiger charge is 2.49. The van der Waals surface area contributed by atoms with Crippen LogP contribution in [0.4, 0.5) is 4.79 Å². The summed E-state index contributed by atoms with van der Waals surface area (Å²) in [7, 11) is 1.47. The summed E-state index contributed by atoms with van der Waals surface area (Å²) < 4.78 is 5.23. The maximum absolute atomic E-state index is 12.9. The van der Waals surface area contributed by atoms with Crippen molar-refractivity contribution in [3.8, 4) is 5.75 Å². The van der Waals surface area contributed by atoms with Crippen molar-refractivity contribution >= 4 is 17.7 Å². The van der Waals surface area contributed by atoms with Gasteiger partial charge in [0, 0.05) is 0 Å². The van der Waals surface area contributed by atoms with Gasteiger partial charge in [0.15, 0.2) is 5.78 Å². The van der Waals surface area contributed by atoms with E-state index in [2.05, 4.69) is 5.32 Å². The van der Waals surface area contributed by atoms with Crippen molar-refractivity contribution in [3.63, 3.8) is 0 Å². The Morgan fingerprint density at radius 2 is 1.85 bits per heavy atom. The monoisotopic (exact) mass is 352 g/mol. The fourth-order valence-electron chi connectivity index (χ4n) is 3.08. The first kappa shape index (κ1) is 17.7. The van der Waals surface area contributed by atoms with E-state index in [1.165, 1.54) is 7.11 Å². The number of nitrogens with one attached hydrogen (secondary N) is 1.